The van der Waals surface area contributed by atoms with Gasteiger partial charge in [-0.2, -0.15) is 5.10 Å². The van der Waals surface area contributed by atoms with Gasteiger partial charge < -0.3 is 9.84 Å². The molecule has 0 atom stereocenters. The highest BCUT2D eigenvalue weighted by Crippen LogP contribution is 2.33. The summed E-state index contributed by atoms with van der Waals surface area (Å²) in [5, 5.41) is 16.3. The van der Waals surface area contributed by atoms with Crippen LogP contribution >= 0.6 is 0 Å². The van der Waals surface area contributed by atoms with Gasteiger partial charge in [0.1, 0.15) is 5.52 Å². The van der Waals surface area contributed by atoms with Gasteiger partial charge in [-0.25, -0.2) is 4.79 Å². The van der Waals surface area contributed by atoms with Gasteiger partial charge in [0.15, 0.2) is 5.75 Å². The van der Waals surface area contributed by atoms with Gasteiger partial charge in [-0.05, 0) is 18.6 Å². The minimum absolute atomic E-state index is 0.426. The number of fused-ring (bicyclic) bond motifs is 1. The molecule has 18 heavy (non-hydrogen) atoms. The summed E-state index contributed by atoms with van der Waals surface area (Å²) in [5.41, 5.74) is 1.24. The van der Waals surface area contributed by atoms with E-state index >= 15 is 0 Å². The second kappa shape index (κ2) is 4.95. The number of carbonyl (C=O) groups is 1. The Kier molecular flexibility index (Phi) is 3.36. The Bertz CT molecular complexity index is 577. The van der Waals surface area contributed by atoms with Crippen molar-refractivity contribution in [3.05, 3.63) is 18.3 Å². The van der Waals surface area contributed by atoms with Gasteiger partial charge in [-0.3, -0.25) is 10.00 Å². The van der Waals surface area contributed by atoms with E-state index in [0.717, 1.165) is 23.9 Å². The number of anilines is 1. The van der Waals surface area contributed by atoms with E-state index in [2.05, 4.69) is 17.3 Å². The molecule has 2 aromatic rings. The summed E-state index contributed by atoms with van der Waals surface area (Å²) in [4.78, 5) is 10.7. The number of aryl methyl sites for hydroxylation is 1. The fourth-order valence-corrected chi connectivity index (χ4v) is 1.95. The minimum atomic E-state index is -1.12. The van der Waals surface area contributed by atoms with Crippen molar-refractivity contribution in [2.45, 2.75) is 19.9 Å². The Hall–Kier alpha value is -2.24. The van der Waals surface area contributed by atoms with Crippen LogP contribution < -0.4 is 10.1 Å². The quantitative estimate of drug-likeness (QED) is 0.873. The van der Waals surface area contributed by atoms with Crippen molar-refractivity contribution in [1.82, 2.24) is 9.78 Å². The molecule has 2 rings (SSSR count). The zero-order valence-corrected chi connectivity index (χ0v) is 10.3. The van der Waals surface area contributed by atoms with Crippen molar-refractivity contribution >= 4 is 22.7 Å². The molecule has 0 spiro atoms. The number of hydrogen-bond acceptors (Lipinski definition) is 3. The van der Waals surface area contributed by atoms with Crippen LogP contribution in [0.2, 0.25) is 0 Å². The largest absolute Gasteiger partial charge is 0.492 e. The van der Waals surface area contributed by atoms with Crippen molar-refractivity contribution in [1.29, 1.82) is 0 Å². The number of carboxylic acid groups (broad SMARTS) is 1. The molecule has 6 heteroatoms. The molecule has 0 aliphatic heterocycles. The lowest BCUT2D eigenvalue weighted by atomic mass is 10.2. The highest BCUT2D eigenvalue weighted by Gasteiger charge is 2.14. The molecule has 6 nitrogen and oxygen atoms in total. The van der Waals surface area contributed by atoms with E-state index in [-0.39, 0.29) is 0 Å². The van der Waals surface area contributed by atoms with E-state index in [4.69, 9.17) is 9.84 Å². The molecule has 1 aromatic heterocycles. The third kappa shape index (κ3) is 2.09. The van der Waals surface area contributed by atoms with E-state index < -0.39 is 6.09 Å². The topological polar surface area (TPSA) is 76.4 Å². The average Bonchev–Trinajstić information content (AvgIpc) is 2.72. The van der Waals surface area contributed by atoms with Gasteiger partial charge >= 0.3 is 6.09 Å². The van der Waals surface area contributed by atoms with Crippen LogP contribution in [0.15, 0.2) is 18.3 Å². The van der Waals surface area contributed by atoms with Gasteiger partial charge in [-0.15, -0.1) is 0 Å². The lowest BCUT2D eigenvalue weighted by Crippen LogP contribution is -2.09. The maximum absolute atomic E-state index is 10.7. The average molecular weight is 249 g/mol. The minimum Gasteiger partial charge on any atom is -0.492 e. The molecule has 0 radical (unpaired) electrons. The molecule has 1 aromatic carbocycles. The summed E-state index contributed by atoms with van der Waals surface area (Å²) in [5.74, 6) is 0.501. The number of aromatic nitrogens is 2. The van der Waals surface area contributed by atoms with Gasteiger partial charge in [0.2, 0.25) is 0 Å². The Labute approximate surface area is 104 Å². The fraction of sp³-hybridized carbons (Fsp3) is 0.333. The summed E-state index contributed by atoms with van der Waals surface area (Å²) >= 11 is 0. The highest BCUT2D eigenvalue weighted by molar-refractivity contribution is 5.95. The van der Waals surface area contributed by atoms with Crippen LogP contribution in [-0.4, -0.2) is 28.1 Å². The first kappa shape index (κ1) is 12.2. The van der Waals surface area contributed by atoms with E-state index in [1.54, 1.807) is 12.3 Å². The van der Waals surface area contributed by atoms with Crippen LogP contribution in [0.4, 0.5) is 10.5 Å². The van der Waals surface area contributed by atoms with Crippen LogP contribution in [0.1, 0.15) is 13.3 Å². The van der Waals surface area contributed by atoms with Crippen molar-refractivity contribution in [2.75, 3.05) is 12.4 Å². The first-order valence-corrected chi connectivity index (χ1v) is 5.69. The summed E-state index contributed by atoms with van der Waals surface area (Å²) in [6.07, 6.45) is 1.57. The monoisotopic (exact) mass is 249 g/mol. The van der Waals surface area contributed by atoms with Gasteiger partial charge in [0.25, 0.3) is 0 Å². The Morgan fingerprint density at radius 3 is 2.94 bits per heavy atom. The van der Waals surface area contributed by atoms with Crippen LogP contribution in [0.3, 0.4) is 0 Å². The molecule has 0 saturated carbocycles. The number of nitrogens with one attached hydrogen (secondary N) is 1. The molecule has 0 fully saturated rings. The van der Waals surface area contributed by atoms with Crippen LogP contribution in [0, 0.1) is 0 Å². The summed E-state index contributed by atoms with van der Waals surface area (Å²) in [7, 11) is 1.52. The van der Waals surface area contributed by atoms with Crippen molar-refractivity contribution < 1.29 is 14.6 Å². The Balaban J connectivity index is 2.60. The molecule has 0 aliphatic carbocycles. The first-order valence-electron chi connectivity index (χ1n) is 5.69. The van der Waals surface area contributed by atoms with Crippen LogP contribution in [0.25, 0.3) is 10.9 Å². The number of benzene rings is 1. The summed E-state index contributed by atoms with van der Waals surface area (Å²) in [6, 6.07) is 3.50. The first-order chi connectivity index (χ1) is 8.67. The number of rotatable bonds is 4. The smallest absolute Gasteiger partial charge is 0.409 e. The van der Waals surface area contributed by atoms with Gasteiger partial charge in [0.05, 0.1) is 19.0 Å². The number of ether oxygens (including phenoxy) is 1. The van der Waals surface area contributed by atoms with E-state index in [1.165, 1.54) is 7.11 Å². The van der Waals surface area contributed by atoms with Gasteiger partial charge in [-0.1, -0.05) is 6.92 Å². The lowest BCUT2D eigenvalue weighted by molar-refractivity contribution is 0.209. The predicted octanol–water partition coefficient (Wildman–Crippen LogP) is 2.54. The summed E-state index contributed by atoms with van der Waals surface area (Å²) < 4.78 is 7.14. The fourth-order valence-electron chi connectivity index (χ4n) is 1.95. The molecular weight excluding hydrogens is 234 g/mol. The zero-order valence-electron chi connectivity index (χ0n) is 10.3. The van der Waals surface area contributed by atoms with Crippen molar-refractivity contribution in [3.8, 4) is 5.75 Å². The van der Waals surface area contributed by atoms with Crippen molar-refractivity contribution in [3.63, 3.8) is 0 Å². The van der Waals surface area contributed by atoms with Crippen LogP contribution in [-0.2, 0) is 6.54 Å². The van der Waals surface area contributed by atoms with Gasteiger partial charge in [0, 0.05) is 11.9 Å². The van der Waals surface area contributed by atoms with E-state index in [1.807, 2.05) is 10.7 Å². The normalized spacial score (nSPS) is 10.6. The molecule has 1 amide bonds. The van der Waals surface area contributed by atoms with E-state index in [9.17, 15) is 4.79 Å². The van der Waals surface area contributed by atoms with Crippen LogP contribution in [0.5, 0.6) is 5.75 Å². The molecular formula is C12H15N3O3. The molecule has 1 heterocycles. The molecule has 0 aliphatic rings. The molecule has 0 bridgehead atoms. The number of amides is 1. The zero-order chi connectivity index (χ0) is 13.1. The third-order valence-electron chi connectivity index (χ3n) is 2.64. The van der Waals surface area contributed by atoms with E-state index in [0.29, 0.717) is 11.4 Å². The Morgan fingerprint density at radius 1 is 1.56 bits per heavy atom. The third-order valence-corrected chi connectivity index (χ3v) is 2.64. The maximum Gasteiger partial charge on any atom is 0.409 e. The standard InChI is InChI=1S/C12H15N3O3/c1-3-6-15-10-8(7-13-15)4-5-9(11(10)18-2)14-12(16)17/h4-5,7,14H,3,6H2,1-2H3,(H,16,17). The number of hydrogen-bond donors (Lipinski definition) is 2. The molecule has 0 saturated heterocycles. The Morgan fingerprint density at radius 2 is 2.33 bits per heavy atom. The lowest BCUT2D eigenvalue weighted by Gasteiger charge is -2.11. The second-order valence-corrected chi connectivity index (χ2v) is 3.88. The molecule has 2 N–H and O–H groups in total. The molecule has 0 unspecified atom stereocenters. The maximum atomic E-state index is 10.7. The number of methoxy groups -OCH3 is 1. The SMILES string of the molecule is CCCn1ncc2ccc(NC(=O)O)c(OC)c21. The predicted molar refractivity (Wildman–Crippen MR) is 68.2 cm³/mol. The number of nitrogens with zero attached hydrogens (tertiary/aromatic N) is 2. The van der Waals surface area contributed by atoms with Crippen molar-refractivity contribution in [2.24, 2.45) is 0 Å². The summed E-state index contributed by atoms with van der Waals surface area (Å²) in [6.45, 7) is 2.82. The second-order valence-electron chi connectivity index (χ2n) is 3.88. The highest BCUT2D eigenvalue weighted by atomic mass is 16.5. The molecule has 96 valence electrons.